The molecule has 0 radical (unpaired) electrons. The van der Waals surface area contributed by atoms with E-state index in [-0.39, 0.29) is 12.1 Å². The predicted molar refractivity (Wildman–Crippen MR) is 90.3 cm³/mol. The van der Waals surface area contributed by atoms with Gasteiger partial charge in [-0.1, -0.05) is 34.1 Å². The molecule has 3 nitrogen and oxygen atoms in total. The molecule has 21 heavy (non-hydrogen) atoms. The maximum absolute atomic E-state index is 5.77. The highest BCUT2D eigenvalue weighted by molar-refractivity contribution is 9.10. The summed E-state index contributed by atoms with van der Waals surface area (Å²) in [5.74, 6) is 6.64. The van der Waals surface area contributed by atoms with E-state index in [1.807, 2.05) is 44.2 Å². The van der Waals surface area contributed by atoms with Crippen LogP contribution in [0.3, 0.4) is 0 Å². The second-order valence-corrected chi connectivity index (χ2v) is 6.25. The Morgan fingerprint density at radius 2 is 1.76 bits per heavy atom. The molecule has 0 saturated heterocycles. The van der Waals surface area contributed by atoms with E-state index in [4.69, 9.17) is 10.6 Å². The van der Waals surface area contributed by atoms with Crippen molar-refractivity contribution in [2.75, 3.05) is 0 Å². The number of rotatable bonds is 5. The Labute approximate surface area is 134 Å². The number of aryl methyl sites for hydroxylation is 1. The summed E-state index contributed by atoms with van der Waals surface area (Å²) in [5.41, 5.74) is 6.36. The summed E-state index contributed by atoms with van der Waals surface area (Å²) >= 11 is 3.49. The van der Waals surface area contributed by atoms with Gasteiger partial charge >= 0.3 is 0 Å². The smallest absolute Gasteiger partial charge is 0.119 e. The maximum Gasteiger partial charge on any atom is 0.119 e. The van der Waals surface area contributed by atoms with Gasteiger partial charge in [0.25, 0.3) is 0 Å². The molecule has 0 aliphatic rings. The van der Waals surface area contributed by atoms with Crippen LogP contribution in [0.15, 0.2) is 46.9 Å². The number of benzene rings is 2. The van der Waals surface area contributed by atoms with Crippen molar-refractivity contribution in [2.24, 2.45) is 5.84 Å². The van der Waals surface area contributed by atoms with E-state index in [1.165, 1.54) is 11.1 Å². The van der Waals surface area contributed by atoms with E-state index in [1.54, 1.807) is 0 Å². The third-order valence-corrected chi connectivity index (χ3v) is 3.79. The van der Waals surface area contributed by atoms with E-state index in [0.717, 1.165) is 15.8 Å². The van der Waals surface area contributed by atoms with Gasteiger partial charge in [-0.25, -0.2) is 5.43 Å². The third kappa shape index (κ3) is 4.06. The molecule has 2 aromatic rings. The molecule has 3 N–H and O–H groups in total. The fourth-order valence-corrected chi connectivity index (χ4v) is 2.82. The van der Waals surface area contributed by atoms with Gasteiger partial charge in [-0.15, -0.1) is 0 Å². The number of hydrogen-bond acceptors (Lipinski definition) is 3. The first-order valence-electron chi connectivity index (χ1n) is 7.00. The molecule has 0 aliphatic carbocycles. The molecule has 2 rings (SSSR count). The van der Waals surface area contributed by atoms with Crippen LogP contribution >= 0.6 is 15.9 Å². The molecule has 0 fully saturated rings. The van der Waals surface area contributed by atoms with Crippen molar-refractivity contribution in [3.05, 3.63) is 63.6 Å². The summed E-state index contributed by atoms with van der Waals surface area (Å²) in [4.78, 5) is 0. The average Bonchev–Trinajstić information content (AvgIpc) is 2.43. The Bertz CT molecular complexity index is 596. The van der Waals surface area contributed by atoms with Crippen molar-refractivity contribution < 1.29 is 4.74 Å². The number of hydrazine groups is 1. The van der Waals surface area contributed by atoms with Gasteiger partial charge in [0.2, 0.25) is 0 Å². The normalized spacial score (nSPS) is 12.5. The summed E-state index contributed by atoms with van der Waals surface area (Å²) in [6.07, 6.45) is 0.174. The van der Waals surface area contributed by atoms with Gasteiger partial charge in [0.15, 0.2) is 0 Å². The molecule has 0 bridgehead atoms. The number of nitrogens with two attached hydrogens (primary N) is 1. The SMILES string of the molecule is Cc1cc(Br)ccc1C(NN)c1ccc(OC(C)C)cc1. The first-order chi connectivity index (χ1) is 10.0. The van der Waals surface area contributed by atoms with Gasteiger partial charge < -0.3 is 4.74 Å². The Kier molecular flexibility index (Phi) is 5.39. The van der Waals surface area contributed by atoms with E-state index in [0.29, 0.717) is 0 Å². The number of hydrogen-bond donors (Lipinski definition) is 2. The van der Waals surface area contributed by atoms with E-state index < -0.39 is 0 Å². The highest BCUT2D eigenvalue weighted by Gasteiger charge is 2.15. The van der Waals surface area contributed by atoms with Crippen LogP contribution in [-0.4, -0.2) is 6.10 Å². The number of halogens is 1. The minimum absolute atomic E-state index is 0.0359. The molecule has 1 unspecified atom stereocenters. The van der Waals surface area contributed by atoms with Crippen LogP contribution in [-0.2, 0) is 0 Å². The molecule has 0 spiro atoms. The van der Waals surface area contributed by atoms with Crippen molar-refractivity contribution in [2.45, 2.75) is 32.9 Å². The molecule has 2 aromatic carbocycles. The minimum atomic E-state index is -0.0359. The van der Waals surface area contributed by atoms with E-state index >= 15 is 0 Å². The summed E-state index contributed by atoms with van der Waals surface area (Å²) in [5, 5.41) is 0. The first-order valence-corrected chi connectivity index (χ1v) is 7.79. The van der Waals surface area contributed by atoms with Crippen LogP contribution in [0, 0.1) is 6.92 Å². The first kappa shape index (κ1) is 16.0. The summed E-state index contributed by atoms with van der Waals surface area (Å²) in [6, 6.07) is 14.2. The van der Waals surface area contributed by atoms with Crippen molar-refractivity contribution in [3.8, 4) is 5.75 Å². The van der Waals surface area contributed by atoms with Crippen LogP contribution in [0.25, 0.3) is 0 Å². The van der Waals surface area contributed by atoms with Crippen molar-refractivity contribution in [3.63, 3.8) is 0 Å². The number of ether oxygens (including phenoxy) is 1. The fourth-order valence-electron chi connectivity index (χ4n) is 2.34. The lowest BCUT2D eigenvalue weighted by molar-refractivity contribution is 0.242. The lowest BCUT2D eigenvalue weighted by Crippen LogP contribution is -2.29. The molecule has 0 amide bonds. The quantitative estimate of drug-likeness (QED) is 0.631. The van der Waals surface area contributed by atoms with Gasteiger partial charge in [0.05, 0.1) is 12.1 Å². The Hall–Kier alpha value is -1.36. The molecule has 0 aliphatic heterocycles. The van der Waals surface area contributed by atoms with Crippen LogP contribution in [0.5, 0.6) is 5.75 Å². The fraction of sp³-hybridized carbons (Fsp3) is 0.294. The van der Waals surface area contributed by atoms with Gasteiger partial charge in [0.1, 0.15) is 5.75 Å². The Morgan fingerprint density at radius 1 is 1.10 bits per heavy atom. The maximum atomic E-state index is 5.77. The topological polar surface area (TPSA) is 47.3 Å². The molecule has 1 atom stereocenters. The molecule has 0 saturated carbocycles. The highest BCUT2D eigenvalue weighted by Crippen LogP contribution is 2.27. The molecule has 0 aromatic heterocycles. The summed E-state index contributed by atoms with van der Waals surface area (Å²) in [7, 11) is 0. The Balaban J connectivity index is 2.28. The lowest BCUT2D eigenvalue weighted by Gasteiger charge is -2.20. The van der Waals surface area contributed by atoms with Gasteiger partial charge in [-0.2, -0.15) is 0 Å². The highest BCUT2D eigenvalue weighted by atomic mass is 79.9. The zero-order valence-corrected chi connectivity index (χ0v) is 14.1. The second kappa shape index (κ2) is 7.07. The van der Waals surface area contributed by atoms with Gasteiger partial charge in [0, 0.05) is 4.47 Å². The molecule has 0 heterocycles. The van der Waals surface area contributed by atoms with Crippen molar-refractivity contribution >= 4 is 15.9 Å². The van der Waals surface area contributed by atoms with E-state index in [2.05, 4.69) is 40.4 Å². The largest absolute Gasteiger partial charge is 0.491 e. The van der Waals surface area contributed by atoms with Crippen LogP contribution < -0.4 is 16.0 Å². The van der Waals surface area contributed by atoms with Gasteiger partial charge in [-0.3, -0.25) is 5.84 Å². The third-order valence-electron chi connectivity index (χ3n) is 3.29. The monoisotopic (exact) mass is 348 g/mol. The van der Waals surface area contributed by atoms with Crippen molar-refractivity contribution in [1.82, 2.24) is 5.43 Å². The second-order valence-electron chi connectivity index (χ2n) is 5.34. The molecule has 112 valence electrons. The summed E-state index contributed by atoms with van der Waals surface area (Å²) in [6.45, 7) is 6.12. The van der Waals surface area contributed by atoms with Gasteiger partial charge in [-0.05, 0) is 61.7 Å². The van der Waals surface area contributed by atoms with E-state index in [9.17, 15) is 0 Å². The predicted octanol–water partition coefficient (Wildman–Crippen LogP) is 4.10. The van der Waals surface area contributed by atoms with Crippen LogP contribution in [0.2, 0.25) is 0 Å². The van der Waals surface area contributed by atoms with Crippen molar-refractivity contribution in [1.29, 1.82) is 0 Å². The standard InChI is InChI=1S/C17H21BrN2O/c1-11(2)21-15-7-4-13(5-8-15)17(20-19)16-9-6-14(18)10-12(16)3/h4-11,17,20H,19H2,1-3H3. The van der Waals surface area contributed by atoms with Crippen LogP contribution in [0.4, 0.5) is 0 Å². The lowest BCUT2D eigenvalue weighted by atomic mass is 9.95. The molecular formula is C17H21BrN2O. The average molecular weight is 349 g/mol. The Morgan fingerprint density at radius 3 is 2.29 bits per heavy atom. The summed E-state index contributed by atoms with van der Waals surface area (Å²) < 4.78 is 6.74. The minimum Gasteiger partial charge on any atom is -0.491 e. The molecular weight excluding hydrogens is 328 g/mol. The zero-order chi connectivity index (χ0) is 15.4. The molecule has 4 heteroatoms. The zero-order valence-electron chi connectivity index (χ0n) is 12.6. The van der Waals surface area contributed by atoms with Crippen LogP contribution in [0.1, 0.15) is 36.6 Å². The number of nitrogens with one attached hydrogen (secondary N) is 1.